The van der Waals surface area contributed by atoms with E-state index < -0.39 is 18.7 Å². The Bertz CT molecular complexity index is 1200. The van der Waals surface area contributed by atoms with Crippen LogP contribution in [-0.2, 0) is 9.53 Å². The van der Waals surface area contributed by atoms with Gasteiger partial charge in [0.2, 0.25) is 5.78 Å². The maximum absolute atomic E-state index is 13.0. The average molecular weight is 469 g/mol. The third-order valence-corrected chi connectivity index (χ3v) is 5.22. The molecule has 0 aliphatic rings. The molecule has 0 saturated carbocycles. The third kappa shape index (κ3) is 5.70. The number of Topliss-reactive ketones (excluding diaryl/α,β-unsaturated/α-hetero) is 1. The summed E-state index contributed by atoms with van der Waals surface area (Å²) in [5.41, 5.74) is 3.18. The van der Waals surface area contributed by atoms with Crippen molar-refractivity contribution in [3.05, 3.63) is 83.2 Å². The van der Waals surface area contributed by atoms with Gasteiger partial charge in [-0.25, -0.2) is 4.79 Å². The van der Waals surface area contributed by atoms with Gasteiger partial charge in [-0.05, 0) is 63.2 Å². The highest BCUT2D eigenvalue weighted by atomic mass is 19.3. The van der Waals surface area contributed by atoms with E-state index in [1.807, 2.05) is 23.6 Å². The van der Waals surface area contributed by atoms with Gasteiger partial charge in [0.1, 0.15) is 11.5 Å². The van der Waals surface area contributed by atoms with Gasteiger partial charge in [-0.3, -0.25) is 4.79 Å². The summed E-state index contributed by atoms with van der Waals surface area (Å²) >= 11 is 0. The quantitative estimate of drug-likeness (QED) is 0.234. The molecule has 2 aromatic carbocycles. The first-order chi connectivity index (χ1) is 16.2. The zero-order valence-electron chi connectivity index (χ0n) is 19.2. The number of alkyl halides is 2. The van der Waals surface area contributed by atoms with Crippen LogP contribution in [0.3, 0.4) is 0 Å². The number of aromatic nitrogens is 1. The summed E-state index contributed by atoms with van der Waals surface area (Å²) in [6.07, 6.45) is 1.80. The lowest BCUT2D eigenvalue weighted by atomic mass is 10.1. The molecule has 3 aromatic rings. The minimum absolute atomic E-state index is 0.0409. The fraction of sp³-hybridized carbons (Fsp3) is 0.231. The molecule has 6 nitrogen and oxygen atoms in total. The number of ether oxygens (including phenoxy) is 3. The number of hydrogen-bond donors (Lipinski definition) is 0. The first kappa shape index (κ1) is 24.7. The first-order valence-corrected chi connectivity index (χ1v) is 10.5. The van der Waals surface area contributed by atoms with Crippen LogP contribution in [-0.4, -0.2) is 36.1 Å². The number of nitrogens with zero attached hydrogens (tertiary/aromatic N) is 1. The Labute approximate surface area is 196 Å². The van der Waals surface area contributed by atoms with Crippen LogP contribution in [0.1, 0.15) is 34.2 Å². The fourth-order valence-electron chi connectivity index (χ4n) is 3.63. The minimum Gasteiger partial charge on any atom is -0.496 e. The molecule has 0 aliphatic heterocycles. The van der Waals surface area contributed by atoms with Crippen LogP contribution in [0.4, 0.5) is 8.78 Å². The molecule has 3 rings (SSSR count). The summed E-state index contributed by atoms with van der Waals surface area (Å²) in [5, 5.41) is 0. The lowest BCUT2D eigenvalue weighted by Gasteiger charge is -2.13. The van der Waals surface area contributed by atoms with Crippen molar-refractivity contribution in [2.24, 2.45) is 0 Å². The molecule has 8 heteroatoms. The van der Waals surface area contributed by atoms with Gasteiger partial charge >= 0.3 is 12.6 Å². The summed E-state index contributed by atoms with van der Waals surface area (Å²) in [4.78, 5) is 25.3. The van der Waals surface area contributed by atoms with Crippen molar-refractivity contribution in [3.63, 3.8) is 0 Å². The van der Waals surface area contributed by atoms with Gasteiger partial charge in [-0.15, -0.1) is 0 Å². The smallest absolute Gasteiger partial charge is 0.387 e. The number of esters is 1. The molecule has 0 saturated heterocycles. The van der Waals surface area contributed by atoms with Gasteiger partial charge in [-0.1, -0.05) is 18.2 Å². The van der Waals surface area contributed by atoms with Crippen LogP contribution in [0.25, 0.3) is 11.8 Å². The number of methoxy groups -OCH3 is 1. The number of para-hydroxylation sites is 1. The van der Waals surface area contributed by atoms with E-state index in [1.54, 1.807) is 43.3 Å². The Morgan fingerprint density at radius 3 is 2.35 bits per heavy atom. The monoisotopic (exact) mass is 469 g/mol. The molecule has 1 atom stereocenters. The molecular formula is C26H25F2NO5. The lowest BCUT2D eigenvalue weighted by Crippen LogP contribution is -2.24. The molecular weight excluding hydrogens is 444 g/mol. The molecule has 34 heavy (non-hydrogen) atoms. The Morgan fingerprint density at radius 1 is 1.03 bits per heavy atom. The number of halogens is 2. The van der Waals surface area contributed by atoms with Crippen LogP contribution in [0.2, 0.25) is 0 Å². The van der Waals surface area contributed by atoms with Crippen LogP contribution >= 0.6 is 0 Å². The third-order valence-electron chi connectivity index (χ3n) is 5.22. The van der Waals surface area contributed by atoms with Crippen LogP contribution in [0.15, 0.2) is 60.7 Å². The van der Waals surface area contributed by atoms with Gasteiger partial charge in [0.25, 0.3) is 0 Å². The van der Waals surface area contributed by atoms with Crippen molar-refractivity contribution in [1.82, 2.24) is 4.57 Å². The highest BCUT2D eigenvalue weighted by molar-refractivity contribution is 6.02. The van der Waals surface area contributed by atoms with Gasteiger partial charge in [0.05, 0.1) is 7.11 Å². The standard InChI is InChI=1S/C26H25F2NO5/c1-16-15-22(17(2)29(16)20-10-12-21(13-11-20)34-26(27)28)25(31)18(3)33-24(30)14-9-19-7-5-6-8-23(19)32-4/h5-15,18,26H,1-4H3. The summed E-state index contributed by atoms with van der Waals surface area (Å²) in [6, 6.07) is 15.0. The molecule has 1 aromatic heterocycles. The molecule has 0 amide bonds. The van der Waals surface area contributed by atoms with Gasteiger partial charge in [0.15, 0.2) is 6.10 Å². The summed E-state index contributed by atoms with van der Waals surface area (Å²) in [6.45, 7) is 2.19. The zero-order valence-corrected chi connectivity index (χ0v) is 19.2. The first-order valence-electron chi connectivity index (χ1n) is 10.5. The maximum Gasteiger partial charge on any atom is 0.387 e. The van der Waals surface area contributed by atoms with Crippen molar-refractivity contribution >= 4 is 17.8 Å². The van der Waals surface area contributed by atoms with Crippen molar-refractivity contribution in [1.29, 1.82) is 0 Å². The number of carbonyl (C=O) groups is 2. The largest absolute Gasteiger partial charge is 0.496 e. The summed E-state index contributed by atoms with van der Waals surface area (Å²) < 4.78 is 41.5. The van der Waals surface area contributed by atoms with Crippen molar-refractivity contribution in [2.45, 2.75) is 33.5 Å². The predicted molar refractivity (Wildman–Crippen MR) is 124 cm³/mol. The number of carbonyl (C=O) groups excluding carboxylic acids is 2. The van der Waals surface area contributed by atoms with Gasteiger partial charge in [0, 0.05) is 34.3 Å². The summed E-state index contributed by atoms with van der Waals surface area (Å²) in [7, 11) is 1.54. The second-order valence-corrected chi connectivity index (χ2v) is 7.51. The van der Waals surface area contributed by atoms with E-state index >= 15 is 0 Å². The van der Waals surface area contributed by atoms with Crippen molar-refractivity contribution < 1.29 is 32.6 Å². The average Bonchev–Trinajstić information content (AvgIpc) is 3.11. The summed E-state index contributed by atoms with van der Waals surface area (Å²) in [5.74, 6) is -0.359. The zero-order chi connectivity index (χ0) is 24.8. The normalized spacial score (nSPS) is 12.1. The molecule has 0 bridgehead atoms. The number of rotatable bonds is 9. The number of benzene rings is 2. The SMILES string of the molecule is COc1ccccc1C=CC(=O)OC(C)C(=O)c1cc(C)n(-c2ccc(OC(F)F)cc2)c1C. The van der Waals surface area contributed by atoms with Crippen LogP contribution in [0.5, 0.6) is 11.5 Å². The molecule has 0 N–H and O–H groups in total. The molecule has 1 heterocycles. The maximum atomic E-state index is 13.0. The van der Waals surface area contributed by atoms with E-state index in [-0.39, 0.29) is 11.5 Å². The predicted octanol–water partition coefficient (Wildman–Crippen LogP) is 5.53. The number of ketones is 1. The fourth-order valence-corrected chi connectivity index (χ4v) is 3.63. The van der Waals surface area contributed by atoms with E-state index in [0.29, 0.717) is 28.3 Å². The van der Waals surface area contributed by atoms with E-state index in [9.17, 15) is 18.4 Å². The molecule has 1 unspecified atom stereocenters. The molecule has 0 fully saturated rings. The van der Waals surface area contributed by atoms with Crippen molar-refractivity contribution in [2.75, 3.05) is 7.11 Å². The second-order valence-electron chi connectivity index (χ2n) is 7.51. The van der Waals surface area contributed by atoms with E-state index in [4.69, 9.17) is 9.47 Å². The highest BCUT2D eigenvalue weighted by Gasteiger charge is 2.24. The van der Waals surface area contributed by atoms with Crippen LogP contribution in [0, 0.1) is 13.8 Å². The lowest BCUT2D eigenvalue weighted by molar-refractivity contribution is -0.140. The molecule has 178 valence electrons. The molecule has 0 spiro atoms. The second kappa shape index (κ2) is 10.8. The Morgan fingerprint density at radius 2 is 1.71 bits per heavy atom. The highest BCUT2D eigenvalue weighted by Crippen LogP contribution is 2.25. The van der Waals surface area contributed by atoms with Gasteiger partial charge in [-0.2, -0.15) is 8.78 Å². The number of aryl methyl sites for hydroxylation is 1. The Kier molecular flexibility index (Phi) is 7.83. The topological polar surface area (TPSA) is 66.8 Å². The van der Waals surface area contributed by atoms with E-state index in [1.165, 1.54) is 32.2 Å². The number of hydrogen-bond acceptors (Lipinski definition) is 5. The Hall–Kier alpha value is -3.94. The molecule has 0 radical (unpaired) electrons. The van der Waals surface area contributed by atoms with Crippen LogP contribution < -0.4 is 9.47 Å². The minimum atomic E-state index is -2.90. The van der Waals surface area contributed by atoms with E-state index in [0.717, 1.165) is 5.69 Å². The Balaban J connectivity index is 1.73. The van der Waals surface area contributed by atoms with Gasteiger partial charge < -0.3 is 18.8 Å². The molecule has 0 aliphatic carbocycles. The van der Waals surface area contributed by atoms with E-state index in [2.05, 4.69) is 4.74 Å². The van der Waals surface area contributed by atoms with Crippen molar-refractivity contribution in [3.8, 4) is 17.2 Å².